The van der Waals surface area contributed by atoms with Gasteiger partial charge < -0.3 is 10.6 Å². The maximum Gasteiger partial charge on any atom is 0.328 e. The van der Waals surface area contributed by atoms with Gasteiger partial charge in [-0.15, -0.1) is 0 Å². The minimum Gasteiger partial charge on any atom is -0.337 e. The van der Waals surface area contributed by atoms with Crippen molar-refractivity contribution >= 4 is 27.9 Å². The minimum atomic E-state index is -3.97. The average molecular weight is 512 g/mol. The number of urea groups is 2. The van der Waals surface area contributed by atoms with Gasteiger partial charge in [0.2, 0.25) is 0 Å². The van der Waals surface area contributed by atoms with Gasteiger partial charge in [0.1, 0.15) is 5.82 Å². The fraction of sp³-hybridized carbons (Fsp3) is 0.500. The molecule has 4 saturated carbocycles. The van der Waals surface area contributed by atoms with Gasteiger partial charge in [0.05, 0.1) is 4.90 Å². The lowest BCUT2D eigenvalue weighted by Crippen LogP contribution is -2.57. The zero-order valence-electron chi connectivity index (χ0n) is 20.4. The van der Waals surface area contributed by atoms with Crippen LogP contribution in [0.1, 0.15) is 37.7 Å². The Balaban J connectivity index is 1.10. The Morgan fingerprint density at radius 1 is 0.972 bits per heavy atom. The Morgan fingerprint density at radius 3 is 2.25 bits per heavy atom. The molecule has 10 heteroatoms. The number of amides is 4. The molecule has 0 radical (unpaired) electrons. The van der Waals surface area contributed by atoms with Crippen molar-refractivity contribution in [3.8, 4) is 0 Å². The summed E-state index contributed by atoms with van der Waals surface area (Å²) >= 11 is 0. The van der Waals surface area contributed by atoms with Crippen molar-refractivity contribution in [3.63, 3.8) is 0 Å². The number of carbonyl (C=O) groups is 2. The van der Waals surface area contributed by atoms with Gasteiger partial charge in [0, 0.05) is 25.8 Å². The highest BCUT2D eigenvalue weighted by molar-refractivity contribution is 7.90. The van der Waals surface area contributed by atoms with Crippen molar-refractivity contribution < 1.29 is 18.0 Å². The maximum atomic E-state index is 12.8. The molecule has 4 amide bonds. The number of nitrogens with zero attached hydrogens (tertiary/aromatic N) is 2. The smallest absolute Gasteiger partial charge is 0.328 e. The fourth-order valence-electron chi connectivity index (χ4n) is 6.45. The predicted octanol–water partition coefficient (Wildman–Crippen LogP) is 3.28. The van der Waals surface area contributed by atoms with E-state index in [9.17, 15) is 18.0 Å². The number of nitrogens with one attached hydrogen (secondary N) is 3. The monoisotopic (exact) mass is 511 g/mol. The molecule has 0 unspecified atom stereocenters. The molecule has 4 fully saturated rings. The topological polar surface area (TPSA) is 121 Å². The van der Waals surface area contributed by atoms with E-state index in [4.69, 9.17) is 0 Å². The van der Waals surface area contributed by atoms with Crippen molar-refractivity contribution in [1.82, 2.24) is 20.3 Å². The fourth-order valence-corrected chi connectivity index (χ4v) is 7.36. The van der Waals surface area contributed by atoms with Gasteiger partial charge in [-0.2, -0.15) is 0 Å². The van der Waals surface area contributed by atoms with Crippen molar-refractivity contribution in [2.45, 2.75) is 49.5 Å². The summed E-state index contributed by atoms with van der Waals surface area (Å²) < 4.78 is 27.7. The highest BCUT2D eigenvalue weighted by atomic mass is 32.2. The molecule has 0 saturated heterocycles. The Labute approximate surface area is 212 Å². The van der Waals surface area contributed by atoms with E-state index in [0.29, 0.717) is 30.6 Å². The first-order valence-corrected chi connectivity index (χ1v) is 14.1. The predicted molar refractivity (Wildman–Crippen MR) is 136 cm³/mol. The first kappa shape index (κ1) is 24.5. The van der Waals surface area contributed by atoms with E-state index in [1.165, 1.54) is 23.5 Å². The van der Waals surface area contributed by atoms with Crippen LogP contribution >= 0.6 is 0 Å². The molecule has 2 aromatic rings. The van der Waals surface area contributed by atoms with Crippen LogP contribution in [0.2, 0.25) is 0 Å². The van der Waals surface area contributed by atoms with Crippen molar-refractivity contribution in [2.75, 3.05) is 18.5 Å². The Morgan fingerprint density at radius 2 is 1.64 bits per heavy atom. The van der Waals surface area contributed by atoms with Crippen LogP contribution < -0.4 is 20.3 Å². The van der Waals surface area contributed by atoms with Crippen LogP contribution in [0.15, 0.2) is 53.6 Å². The molecule has 6 rings (SSSR count). The molecule has 1 heterocycles. The highest BCUT2D eigenvalue weighted by Crippen LogP contribution is 2.53. The number of pyridine rings is 1. The van der Waals surface area contributed by atoms with Gasteiger partial charge in [-0.25, -0.2) is 27.7 Å². The second-order valence-electron chi connectivity index (χ2n) is 10.4. The molecule has 9 nitrogen and oxygen atoms in total. The summed E-state index contributed by atoms with van der Waals surface area (Å²) in [5.74, 6) is 3.05. The lowest BCUT2D eigenvalue weighted by atomic mass is 9.54. The molecule has 1 aromatic heterocycles. The van der Waals surface area contributed by atoms with Crippen molar-refractivity contribution in [1.29, 1.82) is 0 Å². The SMILES string of the molecule is CN(C(=O)NCCc1ccc(S(=O)(=O)NC(=O)NC2C3CC4CC(C3)CC2C4)cc1)c1ccccn1. The van der Waals surface area contributed by atoms with E-state index in [2.05, 4.69) is 20.3 Å². The van der Waals surface area contributed by atoms with Crippen LogP contribution in [0.3, 0.4) is 0 Å². The molecule has 36 heavy (non-hydrogen) atoms. The molecule has 4 bridgehead atoms. The van der Waals surface area contributed by atoms with Crippen molar-refractivity contribution in [2.24, 2.45) is 23.7 Å². The second-order valence-corrected chi connectivity index (χ2v) is 12.1. The molecule has 0 aliphatic heterocycles. The van der Waals surface area contributed by atoms with E-state index in [-0.39, 0.29) is 17.0 Å². The third-order valence-electron chi connectivity index (χ3n) is 7.97. The number of rotatable bonds is 7. The van der Waals surface area contributed by atoms with Gasteiger partial charge >= 0.3 is 12.1 Å². The third-order valence-corrected chi connectivity index (χ3v) is 9.32. The zero-order valence-corrected chi connectivity index (χ0v) is 21.2. The zero-order chi connectivity index (χ0) is 25.3. The maximum absolute atomic E-state index is 12.8. The number of sulfonamides is 1. The van der Waals surface area contributed by atoms with Gasteiger partial charge in [-0.05, 0) is 92.0 Å². The van der Waals surface area contributed by atoms with E-state index in [1.807, 2.05) is 6.07 Å². The minimum absolute atomic E-state index is 0.0328. The summed E-state index contributed by atoms with van der Waals surface area (Å²) in [5, 5.41) is 5.81. The molecular weight excluding hydrogens is 478 g/mol. The molecule has 192 valence electrons. The average Bonchev–Trinajstić information content (AvgIpc) is 2.86. The summed E-state index contributed by atoms with van der Waals surface area (Å²) in [6, 6.07) is 10.8. The standard InChI is InChI=1S/C26H33N5O4S/c1-31(23-4-2-3-10-27-23)26(33)28-11-9-17-5-7-22(8-6-17)36(34,35)30-25(32)29-24-20-13-18-12-19(15-20)16-21(24)14-18/h2-8,10,18-21,24H,9,11-16H2,1H3,(H,28,33)(H2,29,30,32). The first-order valence-electron chi connectivity index (χ1n) is 12.6. The quantitative estimate of drug-likeness (QED) is 0.527. The molecule has 1 aromatic carbocycles. The van der Waals surface area contributed by atoms with Gasteiger partial charge in [0.15, 0.2) is 0 Å². The van der Waals surface area contributed by atoms with E-state index in [0.717, 1.165) is 43.1 Å². The van der Waals surface area contributed by atoms with Gasteiger partial charge in [-0.1, -0.05) is 18.2 Å². The highest BCUT2D eigenvalue weighted by Gasteiger charge is 2.48. The first-order chi connectivity index (χ1) is 17.3. The van der Waals surface area contributed by atoms with Crippen LogP contribution in [-0.4, -0.2) is 45.1 Å². The molecule has 4 aliphatic carbocycles. The largest absolute Gasteiger partial charge is 0.337 e. The Kier molecular flexibility index (Phi) is 6.87. The third kappa shape index (κ3) is 5.33. The summed E-state index contributed by atoms with van der Waals surface area (Å²) in [4.78, 5) is 30.5. The molecule has 0 spiro atoms. The Hall–Kier alpha value is -3.14. The lowest BCUT2D eigenvalue weighted by molar-refractivity contribution is -0.00919. The van der Waals surface area contributed by atoms with Gasteiger partial charge in [-0.3, -0.25) is 4.90 Å². The molecule has 4 aliphatic rings. The number of hydrogen-bond donors (Lipinski definition) is 3. The van der Waals surface area contributed by atoms with Gasteiger partial charge in [0.25, 0.3) is 10.0 Å². The number of hydrogen-bond acceptors (Lipinski definition) is 5. The number of benzene rings is 1. The van der Waals surface area contributed by atoms with Crippen LogP contribution in [-0.2, 0) is 16.4 Å². The number of anilines is 1. The number of aromatic nitrogens is 1. The lowest BCUT2D eigenvalue weighted by Gasteiger charge is -2.54. The normalized spacial score (nSPS) is 26.3. The molecular formula is C26H33N5O4S. The van der Waals surface area contributed by atoms with Crippen LogP contribution in [0.4, 0.5) is 15.4 Å². The van der Waals surface area contributed by atoms with Crippen LogP contribution in [0.5, 0.6) is 0 Å². The number of carbonyl (C=O) groups excluding carboxylic acids is 2. The summed E-state index contributed by atoms with van der Waals surface area (Å²) in [6.07, 6.45) is 8.06. The van der Waals surface area contributed by atoms with Crippen LogP contribution in [0, 0.1) is 23.7 Å². The summed E-state index contributed by atoms with van der Waals surface area (Å²) in [5.41, 5.74) is 0.868. The van der Waals surface area contributed by atoms with E-state index >= 15 is 0 Å². The van der Waals surface area contributed by atoms with Crippen LogP contribution in [0.25, 0.3) is 0 Å². The summed E-state index contributed by atoms with van der Waals surface area (Å²) in [6.45, 7) is 0.383. The second kappa shape index (κ2) is 10.1. The van der Waals surface area contributed by atoms with Crippen molar-refractivity contribution in [3.05, 3.63) is 54.2 Å². The summed E-state index contributed by atoms with van der Waals surface area (Å²) in [7, 11) is -2.33. The van der Waals surface area contributed by atoms with E-state index < -0.39 is 16.1 Å². The van der Waals surface area contributed by atoms with E-state index in [1.54, 1.807) is 37.5 Å². The molecule has 3 N–H and O–H groups in total. The molecule has 0 atom stereocenters. The Bertz CT molecular complexity index is 1170.